The molecule has 0 saturated heterocycles. The Morgan fingerprint density at radius 3 is 2.48 bits per heavy atom. The van der Waals surface area contributed by atoms with Crippen LogP contribution in [0.3, 0.4) is 0 Å². The minimum Gasteiger partial charge on any atom is -0.389 e. The van der Waals surface area contributed by atoms with Crippen molar-refractivity contribution in [3.05, 3.63) is 29.8 Å². The highest BCUT2D eigenvalue weighted by Gasteiger charge is 2.21. The zero-order valence-corrected chi connectivity index (χ0v) is 14.0. The first kappa shape index (κ1) is 17.6. The molecule has 1 aromatic carbocycles. The van der Waals surface area contributed by atoms with Crippen molar-refractivity contribution in [2.24, 2.45) is 11.7 Å². The first-order valence-electron chi connectivity index (χ1n) is 7.30. The number of benzene rings is 1. The van der Waals surface area contributed by atoms with Crippen LogP contribution in [-0.2, 0) is 4.79 Å². The normalized spacial score (nSPS) is 12.5. The Hall–Kier alpha value is -1.46. The van der Waals surface area contributed by atoms with E-state index in [9.17, 15) is 4.79 Å². The highest BCUT2D eigenvalue weighted by molar-refractivity contribution is 7.80. The van der Waals surface area contributed by atoms with E-state index in [0.717, 1.165) is 13.1 Å². The van der Waals surface area contributed by atoms with Gasteiger partial charge in [-0.3, -0.25) is 9.69 Å². The number of thiocarbonyl (C=S) groups is 1. The van der Waals surface area contributed by atoms with Gasteiger partial charge in [-0.15, -0.1) is 0 Å². The molecule has 0 heterocycles. The third-order valence-electron chi connectivity index (χ3n) is 3.38. The third kappa shape index (κ3) is 5.10. The van der Waals surface area contributed by atoms with Crippen LogP contribution < -0.4 is 11.1 Å². The maximum absolute atomic E-state index is 12.4. The van der Waals surface area contributed by atoms with Gasteiger partial charge in [-0.1, -0.05) is 45.1 Å². The minimum atomic E-state index is -0.197. The van der Waals surface area contributed by atoms with E-state index >= 15 is 0 Å². The SMILES string of the molecule is CCN(CC(C)C)C(C)C(=O)Nc1ccccc1C(N)=S. The summed E-state index contributed by atoms with van der Waals surface area (Å²) in [5, 5.41) is 2.93. The lowest BCUT2D eigenvalue weighted by atomic mass is 10.1. The molecule has 0 bridgehead atoms. The maximum Gasteiger partial charge on any atom is 0.241 e. The van der Waals surface area contributed by atoms with Gasteiger partial charge in [0.25, 0.3) is 0 Å². The van der Waals surface area contributed by atoms with E-state index in [0.29, 0.717) is 17.2 Å². The molecule has 0 fully saturated rings. The first-order chi connectivity index (χ1) is 9.86. The number of anilines is 1. The van der Waals surface area contributed by atoms with Gasteiger partial charge in [0.2, 0.25) is 5.91 Å². The number of carbonyl (C=O) groups is 1. The topological polar surface area (TPSA) is 58.4 Å². The zero-order valence-electron chi connectivity index (χ0n) is 13.2. The fourth-order valence-corrected chi connectivity index (χ4v) is 2.42. The number of para-hydroxylation sites is 1. The van der Waals surface area contributed by atoms with Crippen LogP contribution in [0.4, 0.5) is 5.69 Å². The summed E-state index contributed by atoms with van der Waals surface area (Å²) in [6, 6.07) is 7.14. The summed E-state index contributed by atoms with van der Waals surface area (Å²) >= 11 is 5.02. The van der Waals surface area contributed by atoms with Gasteiger partial charge in [0, 0.05) is 12.1 Å². The van der Waals surface area contributed by atoms with Gasteiger partial charge < -0.3 is 11.1 Å². The van der Waals surface area contributed by atoms with E-state index in [1.807, 2.05) is 31.2 Å². The molecule has 1 rings (SSSR count). The van der Waals surface area contributed by atoms with E-state index in [1.165, 1.54) is 0 Å². The average Bonchev–Trinajstić information content (AvgIpc) is 2.44. The molecule has 5 heteroatoms. The lowest BCUT2D eigenvalue weighted by molar-refractivity contribution is -0.120. The molecule has 1 atom stereocenters. The monoisotopic (exact) mass is 307 g/mol. The van der Waals surface area contributed by atoms with Gasteiger partial charge in [0.1, 0.15) is 4.99 Å². The van der Waals surface area contributed by atoms with Crippen LogP contribution in [-0.4, -0.2) is 34.9 Å². The zero-order chi connectivity index (χ0) is 16.0. The molecule has 4 nitrogen and oxygen atoms in total. The average molecular weight is 307 g/mol. The Morgan fingerprint density at radius 1 is 1.33 bits per heavy atom. The molecule has 116 valence electrons. The Morgan fingerprint density at radius 2 is 1.95 bits per heavy atom. The second-order valence-corrected chi connectivity index (χ2v) is 6.00. The van der Waals surface area contributed by atoms with Gasteiger partial charge in [0.15, 0.2) is 0 Å². The van der Waals surface area contributed by atoms with E-state index in [1.54, 1.807) is 0 Å². The summed E-state index contributed by atoms with van der Waals surface area (Å²) < 4.78 is 0. The van der Waals surface area contributed by atoms with Crippen LogP contribution in [0.1, 0.15) is 33.3 Å². The summed E-state index contributed by atoms with van der Waals surface area (Å²) in [6.45, 7) is 10.0. The van der Waals surface area contributed by atoms with Crippen LogP contribution in [0.2, 0.25) is 0 Å². The van der Waals surface area contributed by atoms with Gasteiger partial charge in [0.05, 0.1) is 11.7 Å². The molecule has 0 radical (unpaired) electrons. The molecule has 0 saturated carbocycles. The molecule has 0 aliphatic carbocycles. The number of nitrogens with one attached hydrogen (secondary N) is 1. The largest absolute Gasteiger partial charge is 0.389 e. The van der Waals surface area contributed by atoms with Crippen molar-refractivity contribution in [2.75, 3.05) is 18.4 Å². The van der Waals surface area contributed by atoms with E-state index in [-0.39, 0.29) is 16.9 Å². The molecule has 0 aromatic heterocycles. The molecule has 3 N–H and O–H groups in total. The number of likely N-dealkylation sites (N-methyl/N-ethyl adjacent to an activating group) is 1. The number of hydrogen-bond donors (Lipinski definition) is 2. The predicted molar refractivity (Wildman–Crippen MR) is 92.5 cm³/mol. The number of hydrogen-bond acceptors (Lipinski definition) is 3. The summed E-state index contributed by atoms with van der Waals surface area (Å²) in [5.41, 5.74) is 7.05. The molecule has 1 amide bonds. The Bertz CT molecular complexity index is 502. The van der Waals surface area contributed by atoms with Crippen molar-refractivity contribution in [1.82, 2.24) is 4.90 Å². The Balaban J connectivity index is 2.83. The summed E-state index contributed by atoms with van der Waals surface area (Å²) in [6.07, 6.45) is 0. The van der Waals surface area contributed by atoms with Gasteiger partial charge in [-0.25, -0.2) is 0 Å². The fourth-order valence-electron chi connectivity index (χ4n) is 2.24. The number of carbonyl (C=O) groups excluding carboxylic acids is 1. The smallest absolute Gasteiger partial charge is 0.241 e. The van der Waals surface area contributed by atoms with Gasteiger partial charge >= 0.3 is 0 Å². The maximum atomic E-state index is 12.4. The molecule has 1 aromatic rings. The number of rotatable bonds is 7. The Kier molecular flexibility index (Phi) is 6.78. The molecule has 0 aliphatic rings. The molecule has 0 aliphatic heterocycles. The molecule has 0 spiro atoms. The number of amides is 1. The van der Waals surface area contributed by atoms with Crippen LogP contribution in [0.25, 0.3) is 0 Å². The van der Waals surface area contributed by atoms with E-state index in [4.69, 9.17) is 18.0 Å². The van der Waals surface area contributed by atoms with E-state index in [2.05, 4.69) is 31.0 Å². The minimum absolute atomic E-state index is 0.0406. The van der Waals surface area contributed by atoms with Crippen LogP contribution in [0.5, 0.6) is 0 Å². The van der Waals surface area contributed by atoms with Crippen molar-refractivity contribution < 1.29 is 4.79 Å². The summed E-state index contributed by atoms with van der Waals surface area (Å²) in [4.78, 5) is 14.9. The number of nitrogens with zero attached hydrogens (tertiary/aromatic N) is 1. The van der Waals surface area contributed by atoms with Crippen molar-refractivity contribution in [1.29, 1.82) is 0 Å². The lowest BCUT2D eigenvalue weighted by Crippen LogP contribution is -2.43. The number of nitrogens with two attached hydrogens (primary N) is 1. The standard InChI is InChI=1S/C16H25N3OS/c1-5-19(10-11(2)3)12(4)16(20)18-14-9-7-6-8-13(14)15(17)21/h6-9,11-12H,5,10H2,1-4H3,(H2,17,21)(H,18,20). The molecule has 1 unspecified atom stereocenters. The van der Waals surface area contributed by atoms with Crippen molar-refractivity contribution >= 4 is 28.8 Å². The van der Waals surface area contributed by atoms with Gasteiger partial charge in [-0.05, 0) is 31.5 Å². The van der Waals surface area contributed by atoms with Crippen LogP contribution >= 0.6 is 12.2 Å². The van der Waals surface area contributed by atoms with Crippen molar-refractivity contribution in [3.63, 3.8) is 0 Å². The first-order valence-corrected chi connectivity index (χ1v) is 7.71. The van der Waals surface area contributed by atoms with Crippen molar-refractivity contribution in [3.8, 4) is 0 Å². The Labute approximate surface area is 132 Å². The van der Waals surface area contributed by atoms with Gasteiger partial charge in [-0.2, -0.15) is 0 Å². The lowest BCUT2D eigenvalue weighted by Gasteiger charge is -2.28. The predicted octanol–water partition coefficient (Wildman–Crippen LogP) is 2.63. The summed E-state index contributed by atoms with van der Waals surface area (Å²) in [7, 11) is 0. The molecule has 21 heavy (non-hydrogen) atoms. The molecular weight excluding hydrogens is 282 g/mol. The summed E-state index contributed by atoms with van der Waals surface area (Å²) in [5.74, 6) is 0.477. The van der Waals surface area contributed by atoms with Crippen LogP contribution in [0.15, 0.2) is 24.3 Å². The highest BCUT2D eigenvalue weighted by Crippen LogP contribution is 2.16. The fraction of sp³-hybridized carbons (Fsp3) is 0.500. The van der Waals surface area contributed by atoms with E-state index < -0.39 is 0 Å². The third-order valence-corrected chi connectivity index (χ3v) is 3.60. The quantitative estimate of drug-likeness (QED) is 0.760. The van der Waals surface area contributed by atoms with Crippen LogP contribution in [0, 0.1) is 5.92 Å². The van der Waals surface area contributed by atoms with Crippen molar-refractivity contribution in [2.45, 2.75) is 33.7 Å². The highest BCUT2D eigenvalue weighted by atomic mass is 32.1. The second kappa shape index (κ2) is 8.10. The second-order valence-electron chi connectivity index (χ2n) is 5.56. The molecular formula is C16H25N3OS.